The monoisotopic (exact) mass is 576 g/mol. The standard InChI is InChI=1S/C36H36N2O5/c1-25-10-5-8-17-33(25)38(35(40)28-13-9-14-28)22-23-43-29-20-18-26(19-21-29)24-32(36(41)42)37-31-16-7-6-15-30(31)34(39)27-11-3-2-4-12-27/h2-8,10-12,15-21,28,32,37H,9,13-14,22-24H2,1H3,(H,41,42). The van der Waals surface area contributed by atoms with Gasteiger partial charge in [0.25, 0.3) is 0 Å². The fourth-order valence-electron chi connectivity index (χ4n) is 5.24. The van der Waals surface area contributed by atoms with E-state index in [1.807, 2.05) is 66.4 Å². The third-order valence-electron chi connectivity index (χ3n) is 7.91. The van der Waals surface area contributed by atoms with Crippen molar-refractivity contribution < 1.29 is 24.2 Å². The minimum absolute atomic E-state index is 0.0816. The van der Waals surface area contributed by atoms with Crippen LogP contribution < -0.4 is 15.0 Å². The van der Waals surface area contributed by atoms with E-state index in [0.717, 1.165) is 36.1 Å². The van der Waals surface area contributed by atoms with Crippen molar-refractivity contribution >= 4 is 29.0 Å². The first-order valence-corrected chi connectivity index (χ1v) is 14.7. The topological polar surface area (TPSA) is 95.9 Å². The summed E-state index contributed by atoms with van der Waals surface area (Å²) in [6.07, 6.45) is 3.17. The number of benzene rings is 4. The summed E-state index contributed by atoms with van der Waals surface area (Å²) in [6.45, 7) is 2.78. The molecular weight excluding hydrogens is 540 g/mol. The van der Waals surface area contributed by atoms with Crippen molar-refractivity contribution in [3.05, 3.63) is 125 Å². The molecule has 220 valence electrons. The van der Waals surface area contributed by atoms with Crippen molar-refractivity contribution in [3.8, 4) is 5.75 Å². The Morgan fingerprint density at radius 1 is 0.884 bits per heavy atom. The van der Waals surface area contributed by atoms with Crippen LogP contribution in [-0.2, 0) is 16.0 Å². The largest absolute Gasteiger partial charge is 0.492 e. The second kappa shape index (κ2) is 13.8. The van der Waals surface area contributed by atoms with Gasteiger partial charge in [-0.25, -0.2) is 4.79 Å². The molecule has 5 rings (SSSR count). The molecule has 1 saturated carbocycles. The number of anilines is 2. The Hall–Kier alpha value is -4.91. The number of carbonyl (C=O) groups excluding carboxylic acids is 2. The number of para-hydroxylation sites is 2. The molecule has 0 spiro atoms. The zero-order valence-electron chi connectivity index (χ0n) is 24.2. The molecule has 0 saturated heterocycles. The van der Waals surface area contributed by atoms with Gasteiger partial charge in [0.05, 0.1) is 6.54 Å². The number of ether oxygens (including phenoxy) is 1. The summed E-state index contributed by atoms with van der Waals surface area (Å²) in [4.78, 5) is 40.3. The van der Waals surface area contributed by atoms with E-state index in [9.17, 15) is 19.5 Å². The van der Waals surface area contributed by atoms with E-state index < -0.39 is 12.0 Å². The summed E-state index contributed by atoms with van der Waals surface area (Å²) in [5.41, 5.74) is 4.19. The number of rotatable bonds is 13. The Labute approximate surface area is 252 Å². The van der Waals surface area contributed by atoms with Gasteiger partial charge < -0.3 is 20.1 Å². The average molecular weight is 577 g/mol. The molecule has 4 aromatic rings. The number of ketones is 1. The highest BCUT2D eigenvalue weighted by molar-refractivity contribution is 6.12. The minimum atomic E-state index is -1.02. The molecule has 0 bridgehead atoms. The van der Waals surface area contributed by atoms with Gasteiger partial charge >= 0.3 is 5.97 Å². The lowest BCUT2D eigenvalue weighted by molar-refractivity contribution is -0.137. The first-order valence-electron chi connectivity index (χ1n) is 14.7. The third kappa shape index (κ3) is 7.30. The van der Waals surface area contributed by atoms with Crippen LogP contribution in [0, 0.1) is 12.8 Å². The number of carboxylic acid groups (broad SMARTS) is 1. The van der Waals surface area contributed by atoms with Gasteiger partial charge in [0.15, 0.2) is 5.78 Å². The van der Waals surface area contributed by atoms with Gasteiger partial charge in [0, 0.05) is 34.8 Å². The van der Waals surface area contributed by atoms with Crippen LogP contribution in [0.5, 0.6) is 5.75 Å². The molecule has 1 aliphatic rings. The molecular formula is C36H36N2O5. The zero-order chi connectivity index (χ0) is 30.2. The van der Waals surface area contributed by atoms with E-state index in [4.69, 9.17) is 4.74 Å². The van der Waals surface area contributed by atoms with Gasteiger partial charge in [-0.3, -0.25) is 9.59 Å². The molecule has 0 radical (unpaired) electrons. The fraction of sp³-hybridized carbons (Fsp3) is 0.250. The van der Waals surface area contributed by atoms with Crippen LogP contribution >= 0.6 is 0 Å². The number of hydrogen-bond acceptors (Lipinski definition) is 5. The number of nitrogens with zero attached hydrogens (tertiary/aromatic N) is 1. The lowest BCUT2D eigenvalue weighted by atomic mass is 9.84. The first kappa shape index (κ1) is 29.6. The summed E-state index contributed by atoms with van der Waals surface area (Å²) in [5.74, 6) is -0.320. The summed E-state index contributed by atoms with van der Waals surface area (Å²) in [7, 11) is 0. The summed E-state index contributed by atoms with van der Waals surface area (Å²) < 4.78 is 6.00. The molecule has 1 aliphatic carbocycles. The zero-order valence-corrected chi connectivity index (χ0v) is 24.2. The predicted molar refractivity (Wildman–Crippen MR) is 168 cm³/mol. The van der Waals surface area contributed by atoms with Crippen LogP contribution in [0.1, 0.15) is 46.3 Å². The van der Waals surface area contributed by atoms with E-state index in [0.29, 0.717) is 35.7 Å². The van der Waals surface area contributed by atoms with E-state index in [2.05, 4.69) is 5.32 Å². The molecule has 7 heteroatoms. The van der Waals surface area contributed by atoms with Gasteiger partial charge in [0.1, 0.15) is 18.4 Å². The summed E-state index contributed by atoms with van der Waals surface area (Å²) in [6, 6.07) is 30.1. The van der Waals surface area contributed by atoms with E-state index in [-0.39, 0.29) is 24.0 Å². The van der Waals surface area contributed by atoms with Gasteiger partial charge in [-0.1, -0.05) is 79.2 Å². The normalized spacial score (nSPS) is 13.4. The molecule has 0 heterocycles. The van der Waals surface area contributed by atoms with Gasteiger partial charge in [-0.05, 0) is 61.2 Å². The van der Waals surface area contributed by atoms with Crippen LogP contribution in [0.2, 0.25) is 0 Å². The van der Waals surface area contributed by atoms with E-state index in [1.54, 1.807) is 48.5 Å². The third-order valence-corrected chi connectivity index (χ3v) is 7.91. The average Bonchev–Trinajstić information content (AvgIpc) is 2.99. The lowest BCUT2D eigenvalue weighted by Crippen LogP contribution is -2.41. The number of hydrogen-bond donors (Lipinski definition) is 2. The highest BCUT2D eigenvalue weighted by Crippen LogP contribution is 2.31. The number of aliphatic carboxylic acids is 1. The number of aryl methyl sites for hydroxylation is 1. The minimum Gasteiger partial charge on any atom is -0.492 e. The molecule has 1 atom stereocenters. The second-order valence-electron chi connectivity index (χ2n) is 10.9. The first-order chi connectivity index (χ1) is 20.9. The second-order valence-corrected chi connectivity index (χ2v) is 10.9. The molecule has 1 unspecified atom stereocenters. The van der Waals surface area contributed by atoms with Gasteiger partial charge in [0.2, 0.25) is 5.91 Å². The maximum atomic E-state index is 13.2. The summed E-state index contributed by atoms with van der Waals surface area (Å²) >= 11 is 0. The molecule has 7 nitrogen and oxygen atoms in total. The van der Waals surface area contributed by atoms with Crippen molar-refractivity contribution in [1.29, 1.82) is 0 Å². The number of amides is 1. The number of nitrogens with one attached hydrogen (secondary N) is 1. The SMILES string of the molecule is Cc1ccccc1N(CCOc1ccc(CC(Nc2ccccc2C(=O)c2ccccc2)C(=O)O)cc1)C(=O)C1CCC1. The van der Waals surface area contributed by atoms with Crippen LogP contribution in [0.3, 0.4) is 0 Å². The Balaban J connectivity index is 1.21. The molecule has 2 N–H and O–H groups in total. The molecule has 43 heavy (non-hydrogen) atoms. The van der Waals surface area contributed by atoms with Crippen LogP contribution in [-0.4, -0.2) is 42.0 Å². The van der Waals surface area contributed by atoms with Crippen molar-refractivity contribution in [2.24, 2.45) is 5.92 Å². The quantitative estimate of drug-likeness (QED) is 0.175. The molecule has 1 amide bonds. The van der Waals surface area contributed by atoms with E-state index in [1.165, 1.54) is 0 Å². The number of carboxylic acids is 1. The van der Waals surface area contributed by atoms with Crippen LogP contribution in [0.25, 0.3) is 0 Å². The van der Waals surface area contributed by atoms with Gasteiger partial charge in [-0.2, -0.15) is 0 Å². The van der Waals surface area contributed by atoms with Crippen molar-refractivity contribution in [2.45, 2.75) is 38.6 Å². The van der Waals surface area contributed by atoms with Gasteiger partial charge in [-0.15, -0.1) is 0 Å². The molecule has 4 aromatic carbocycles. The highest BCUT2D eigenvalue weighted by atomic mass is 16.5. The maximum absolute atomic E-state index is 13.2. The predicted octanol–water partition coefficient (Wildman–Crippen LogP) is 6.55. The Bertz CT molecular complexity index is 1560. The smallest absolute Gasteiger partial charge is 0.326 e. The molecule has 1 fully saturated rings. The fourth-order valence-corrected chi connectivity index (χ4v) is 5.24. The van der Waals surface area contributed by atoms with Crippen LogP contribution in [0.15, 0.2) is 103 Å². The molecule has 0 aliphatic heterocycles. The Kier molecular flexibility index (Phi) is 9.52. The van der Waals surface area contributed by atoms with Crippen LogP contribution in [0.4, 0.5) is 11.4 Å². The highest BCUT2D eigenvalue weighted by Gasteiger charge is 2.30. The van der Waals surface area contributed by atoms with E-state index >= 15 is 0 Å². The summed E-state index contributed by atoms with van der Waals surface area (Å²) in [5, 5.41) is 13.0. The van der Waals surface area contributed by atoms with Crippen molar-refractivity contribution in [2.75, 3.05) is 23.4 Å². The Morgan fingerprint density at radius 2 is 1.56 bits per heavy atom. The maximum Gasteiger partial charge on any atom is 0.326 e. The Morgan fingerprint density at radius 3 is 2.23 bits per heavy atom. The van der Waals surface area contributed by atoms with Crippen molar-refractivity contribution in [1.82, 2.24) is 0 Å². The lowest BCUT2D eigenvalue weighted by Gasteiger charge is -2.32. The number of carbonyl (C=O) groups is 3. The molecule has 0 aromatic heterocycles. The van der Waals surface area contributed by atoms with Crippen molar-refractivity contribution in [3.63, 3.8) is 0 Å².